The van der Waals surface area contributed by atoms with Crippen molar-refractivity contribution in [2.45, 2.75) is 4.90 Å². The number of hydrogen-bond donors (Lipinski definition) is 1. The predicted octanol–water partition coefficient (Wildman–Crippen LogP) is -0.727. The van der Waals surface area contributed by atoms with Gasteiger partial charge in [0.1, 0.15) is 0 Å². The minimum atomic E-state index is -4.42. The monoisotopic (exact) mass is 256 g/mol. The molecule has 0 fully saturated rings. The van der Waals surface area contributed by atoms with Crippen molar-refractivity contribution in [1.29, 1.82) is 0 Å². The average Bonchev–Trinajstić information content (AvgIpc) is 2.14. The normalized spacial score (nSPS) is 10.5. The molecule has 0 atom stereocenters. The van der Waals surface area contributed by atoms with Gasteiger partial charge in [-0.25, -0.2) is 0 Å². The largest absolute Gasteiger partial charge is 1.00 e. The molecule has 4 nitrogen and oxygen atoms in total. The Labute approximate surface area is 117 Å². The summed E-state index contributed by atoms with van der Waals surface area (Å²) >= 11 is 0.569. The van der Waals surface area contributed by atoms with Crippen molar-refractivity contribution in [2.24, 2.45) is 0 Å². The zero-order chi connectivity index (χ0) is 10.6. The van der Waals surface area contributed by atoms with Gasteiger partial charge in [-0.05, 0) is 11.6 Å². The van der Waals surface area contributed by atoms with Gasteiger partial charge in [-0.1, -0.05) is 30.9 Å². The number of benzene rings is 1. The van der Waals surface area contributed by atoms with Crippen LogP contribution in [0.5, 0.6) is 0 Å². The third kappa shape index (κ3) is 5.72. The molecule has 1 aromatic carbocycles. The molecular weight excluding hydrogens is 247 g/mol. The van der Waals surface area contributed by atoms with Crippen LogP contribution in [0.25, 0.3) is 6.08 Å². The van der Waals surface area contributed by atoms with Crippen LogP contribution in [0.1, 0.15) is 6.99 Å². The summed E-state index contributed by atoms with van der Waals surface area (Å²) in [6.07, 6.45) is 1.57. The summed E-state index contributed by atoms with van der Waals surface area (Å²) < 4.78 is 33.1. The van der Waals surface area contributed by atoms with E-state index in [0.717, 1.165) is 5.56 Å². The predicted molar refractivity (Wildman–Crippen MR) is 56.1 cm³/mol. The third-order valence-corrected chi connectivity index (χ3v) is 2.86. The Hall–Kier alpha value is 0.180. The molecule has 78 valence electrons. The zero-order valence-corrected chi connectivity index (χ0v) is 11.7. The number of hydrogen-bond acceptors (Lipinski definition) is 4. The quantitative estimate of drug-likeness (QED) is 0.437. The SMILES string of the molecule is C=Cc1ccccc1SOS(=O)(=O)O.[H-].[Na+]. The molecule has 1 rings (SSSR count). The van der Waals surface area contributed by atoms with Crippen LogP contribution in [0.4, 0.5) is 0 Å². The van der Waals surface area contributed by atoms with Gasteiger partial charge in [-0.2, -0.15) is 12.0 Å². The minimum Gasteiger partial charge on any atom is -1.00 e. The van der Waals surface area contributed by atoms with Crippen molar-refractivity contribution in [3.8, 4) is 0 Å². The van der Waals surface area contributed by atoms with Crippen molar-refractivity contribution < 1.29 is 47.6 Å². The first kappa shape index (κ1) is 15.2. The van der Waals surface area contributed by atoms with E-state index in [0.29, 0.717) is 16.9 Å². The van der Waals surface area contributed by atoms with Crippen molar-refractivity contribution >= 4 is 28.5 Å². The first-order valence-corrected chi connectivity index (χ1v) is 5.68. The van der Waals surface area contributed by atoms with Gasteiger partial charge in [0.25, 0.3) is 0 Å². The van der Waals surface area contributed by atoms with Crippen LogP contribution in [-0.2, 0) is 14.0 Å². The van der Waals surface area contributed by atoms with Gasteiger partial charge in [0.2, 0.25) is 0 Å². The zero-order valence-electron chi connectivity index (χ0n) is 9.08. The van der Waals surface area contributed by atoms with Crippen LogP contribution in [0.3, 0.4) is 0 Å². The first-order chi connectivity index (χ1) is 6.53. The van der Waals surface area contributed by atoms with Crippen LogP contribution in [0.15, 0.2) is 35.7 Å². The second kappa shape index (κ2) is 6.70. The summed E-state index contributed by atoms with van der Waals surface area (Å²) in [4.78, 5) is 0.570. The minimum absolute atomic E-state index is 0. The Balaban J connectivity index is 0. The van der Waals surface area contributed by atoms with Crippen LogP contribution < -0.4 is 29.6 Å². The van der Waals surface area contributed by atoms with Crippen LogP contribution in [0.2, 0.25) is 0 Å². The maximum atomic E-state index is 10.3. The molecular formula is C8H9NaO4S2. The maximum Gasteiger partial charge on any atom is 1.00 e. The Morgan fingerprint density at radius 2 is 2.07 bits per heavy atom. The maximum absolute atomic E-state index is 10.3. The molecule has 1 aromatic rings. The molecule has 0 heterocycles. The fraction of sp³-hybridized carbons (Fsp3) is 0. The molecule has 0 aliphatic rings. The van der Waals surface area contributed by atoms with Crippen molar-refractivity contribution in [3.05, 3.63) is 36.4 Å². The second-order valence-corrected chi connectivity index (χ2v) is 4.33. The Morgan fingerprint density at radius 3 is 2.60 bits per heavy atom. The topological polar surface area (TPSA) is 63.6 Å². The van der Waals surface area contributed by atoms with E-state index >= 15 is 0 Å². The molecule has 0 aliphatic carbocycles. The van der Waals surface area contributed by atoms with Gasteiger partial charge in [-0.15, -0.1) is 0 Å². The van der Waals surface area contributed by atoms with Gasteiger partial charge in [0.15, 0.2) is 0 Å². The molecule has 0 radical (unpaired) electrons. The summed E-state index contributed by atoms with van der Waals surface area (Å²) in [6.45, 7) is 3.56. The third-order valence-electron chi connectivity index (χ3n) is 1.35. The molecule has 0 saturated carbocycles. The fourth-order valence-electron chi connectivity index (χ4n) is 0.805. The summed E-state index contributed by atoms with van der Waals surface area (Å²) in [6, 6.07) is 6.92. The molecule has 0 amide bonds. The van der Waals surface area contributed by atoms with Gasteiger partial charge >= 0.3 is 40.0 Å². The molecule has 1 N–H and O–H groups in total. The van der Waals surface area contributed by atoms with Crippen molar-refractivity contribution in [2.75, 3.05) is 0 Å². The average molecular weight is 256 g/mol. The summed E-state index contributed by atoms with van der Waals surface area (Å²) in [7, 11) is -4.42. The molecule has 15 heavy (non-hydrogen) atoms. The summed E-state index contributed by atoms with van der Waals surface area (Å²) in [5, 5.41) is 0. The van der Waals surface area contributed by atoms with Crippen molar-refractivity contribution in [3.63, 3.8) is 0 Å². The van der Waals surface area contributed by atoms with Gasteiger partial charge in [0.05, 0.1) is 12.0 Å². The second-order valence-electron chi connectivity index (χ2n) is 2.32. The van der Waals surface area contributed by atoms with Gasteiger partial charge < -0.3 is 1.43 Å². The van der Waals surface area contributed by atoms with Crippen LogP contribution >= 0.6 is 12.0 Å². The van der Waals surface area contributed by atoms with Crippen molar-refractivity contribution in [1.82, 2.24) is 0 Å². The van der Waals surface area contributed by atoms with E-state index in [1.807, 2.05) is 0 Å². The first-order valence-electron chi connectivity index (χ1n) is 3.58. The summed E-state index contributed by atoms with van der Waals surface area (Å²) in [5.41, 5.74) is 0.737. The molecule has 7 heteroatoms. The molecule has 0 unspecified atom stereocenters. The van der Waals surface area contributed by atoms with Gasteiger partial charge in [-0.3, -0.25) is 4.55 Å². The number of rotatable bonds is 4. The molecule has 0 aromatic heterocycles. The molecule has 0 bridgehead atoms. The van der Waals surface area contributed by atoms with E-state index in [4.69, 9.17) is 4.55 Å². The fourth-order valence-corrected chi connectivity index (χ4v) is 1.82. The van der Waals surface area contributed by atoms with E-state index in [-0.39, 0.29) is 31.0 Å². The Morgan fingerprint density at radius 1 is 1.47 bits per heavy atom. The molecule has 0 spiro atoms. The van der Waals surface area contributed by atoms with E-state index in [2.05, 4.69) is 10.2 Å². The van der Waals surface area contributed by atoms with E-state index in [1.54, 1.807) is 30.3 Å². The standard InChI is InChI=1S/C8H8O4S2.Na.H/c1-2-7-5-3-4-6-8(7)13-12-14(9,10)11;;/h2-6H,1H2,(H,9,10,11);;/q;+1;-1. The Bertz CT molecular complexity index is 435. The Kier molecular flexibility index (Phi) is 6.78. The van der Waals surface area contributed by atoms with Crippen LogP contribution in [0, 0.1) is 0 Å². The molecule has 0 saturated heterocycles. The van der Waals surface area contributed by atoms with E-state index in [1.165, 1.54) is 0 Å². The van der Waals surface area contributed by atoms with E-state index < -0.39 is 10.4 Å². The van der Waals surface area contributed by atoms with E-state index in [9.17, 15) is 8.42 Å². The summed E-state index contributed by atoms with van der Waals surface area (Å²) in [5.74, 6) is 0. The van der Waals surface area contributed by atoms with Gasteiger partial charge in [0, 0.05) is 4.90 Å². The molecule has 0 aliphatic heterocycles. The smallest absolute Gasteiger partial charge is 1.00 e. The van der Waals surface area contributed by atoms with Crippen LogP contribution in [-0.4, -0.2) is 13.0 Å².